The number of esters is 1. The number of rotatable bonds is 5. The van der Waals surface area contributed by atoms with E-state index in [1.54, 1.807) is 0 Å². The third-order valence-corrected chi connectivity index (χ3v) is 2.93. The van der Waals surface area contributed by atoms with E-state index < -0.39 is 0 Å². The van der Waals surface area contributed by atoms with Gasteiger partial charge in [0, 0.05) is 0 Å². The minimum absolute atomic E-state index is 0.0790. The van der Waals surface area contributed by atoms with Gasteiger partial charge in [-0.3, -0.25) is 4.79 Å². The first kappa shape index (κ1) is 11.0. The molecule has 1 fully saturated rings. The Hall–Kier alpha value is -1.51. The first-order chi connectivity index (χ1) is 7.81. The van der Waals surface area contributed by atoms with Crippen molar-refractivity contribution in [3.63, 3.8) is 0 Å². The zero-order chi connectivity index (χ0) is 11.4. The largest absolute Gasteiger partial charge is 0.494 e. The molecule has 0 aliphatic heterocycles. The Morgan fingerprint density at radius 1 is 1.38 bits per heavy atom. The van der Waals surface area contributed by atoms with Gasteiger partial charge in [0.2, 0.25) is 0 Å². The predicted octanol–water partition coefficient (Wildman–Crippen LogP) is 2.26. The number of hydrogen-bond acceptors (Lipinski definition) is 3. The van der Waals surface area contributed by atoms with Crippen LogP contribution in [0.25, 0.3) is 0 Å². The van der Waals surface area contributed by atoms with Gasteiger partial charge in [0.1, 0.15) is 5.75 Å². The fourth-order valence-corrected chi connectivity index (χ4v) is 1.85. The quantitative estimate of drug-likeness (QED) is 0.714. The number of ether oxygens (including phenoxy) is 2. The molecule has 86 valence electrons. The molecular formula is C13H16O3. The van der Waals surface area contributed by atoms with Crippen molar-refractivity contribution in [2.75, 3.05) is 13.7 Å². The third-order valence-electron chi connectivity index (χ3n) is 2.93. The van der Waals surface area contributed by atoms with Crippen LogP contribution in [0.3, 0.4) is 0 Å². The first-order valence-corrected chi connectivity index (χ1v) is 5.57. The van der Waals surface area contributed by atoms with Crippen LogP contribution in [0.1, 0.15) is 12.8 Å². The second-order valence-corrected chi connectivity index (χ2v) is 4.08. The summed E-state index contributed by atoms with van der Waals surface area (Å²) in [6.07, 6.45) is 1.87. The topological polar surface area (TPSA) is 35.5 Å². The van der Waals surface area contributed by atoms with Crippen LogP contribution in [0.15, 0.2) is 30.3 Å². The lowest BCUT2D eigenvalue weighted by Gasteiger charge is -2.04. The van der Waals surface area contributed by atoms with Crippen LogP contribution in [0.4, 0.5) is 0 Å². The van der Waals surface area contributed by atoms with E-state index in [1.807, 2.05) is 30.3 Å². The molecule has 1 aliphatic carbocycles. The molecule has 1 aliphatic rings. The highest BCUT2D eigenvalue weighted by atomic mass is 16.5. The highest BCUT2D eigenvalue weighted by Crippen LogP contribution is 2.41. The van der Waals surface area contributed by atoms with Crippen LogP contribution in [-0.2, 0) is 9.53 Å². The number of benzene rings is 1. The van der Waals surface area contributed by atoms with Crippen molar-refractivity contribution in [1.82, 2.24) is 0 Å². The lowest BCUT2D eigenvalue weighted by molar-refractivity contribution is -0.142. The Morgan fingerprint density at radius 3 is 2.81 bits per heavy atom. The smallest absolute Gasteiger partial charge is 0.308 e. The molecule has 1 aromatic rings. The van der Waals surface area contributed by atoms with E-state index in [0.717, 1.165) is 18.6 Å². The molecule has 3 heteroatoms. The second kappa shape index (κ2) is 5.01. The summed E-state index contributed by atoms with van der Waals surface area (Å²) in [6, 6.07) is 9.73. The molecular weight excluding hydrogens is 204 g/mol. The zero-order valence-electron chi connectivity index (χ0n) is 9.39. The number of carbonyl (C=O) groups excluding carboxylic acids is 1. The lowest BCUT2D eigenvalue weighted by Crippen LogP contribution is -2.06. The van der Waals surface area contributed by atoms with Crippen LogP contribution in [-0.4, -0.2) is 19.7 Å². The number of para-hydroxylation sites is 1. The molecule has 0 heterocycles. The molecule has 0 bridgehead atoms. The Labute approximate surface area is 95.4 Å². The van der Waals surface area contributed by atoms with Crippen molar-refractivity contribution in [1.29, 1.82) is 0 Å². The van der Waals surface area contributed by atoms with Crippen LogP contribution in [0.5, 0.6) is 5.75 Å². The van der Waals surface area contributed by atoms with Crippen molar-refractivity contribution in [3.8, 4) is 5.75 Å². The SMILES string of the molecule is COC(=O)C1CC1CCOc1ccccc1. The van der Waals surface area contributed by atoms with Gasteiger partial charge in [-0.25, -0.2) is 0 Å². The minimum Gasteiger partial charge on any atom is -0.494 e. The Balaban J connectivity index is 1.65. The molecule has 0 spiro atoms. The van der Waals surface area contributed by atoms with Crippen LogP contribution < -0.4 is 4.74 Å². The van der Waals surface area contributed by atoms with E-state index in [1.165, 1.54) is 7.11 Å². The monoisotopic (exact) mass is 220 g/mol. The highest BCUT2D eigenvalue weighted by molar-refractivity contribution is 5.75. The van der Waals surface area contributed by atoms with Gasteiger partial charge in [-0.2, -0.15) is 0 Å². The molecule has 0 N–H and O–H groups in total. The molecule has 1 saturated carbocycles. The van der Waals surface area contributed by atoms with Crippen LogP contribution in [0, 0.1) is 11.8 Å². The van der Waals surface area contributed by atoms with Crippen molar-refractivity contribution >= 4 is 5.97 Å². The standard InChI is InChI=1S/C13H16O3/c1-15-13(14)12-9-10(12)7-8-16-11-5-3-2-4-6-11/h2-6,10,12H,7-9H2,1H3. The van der Waals surface area contributed by atoms with Gasteiger partial charge in [-0.1, -0.05) is 18.2 Å². The Kier molecular flexibility index (Phi) is 3.44. The second-order valence-electron chi connectivity index (χ2n) is 4.08. The van der Waals surface area contributed by atoms with Crippen molar-refractivity contribution in [2.24, 2.45) is 11.8 Å². The molecule has 0 amide bonds. The molecule has 0 radical (unpaired) electrons. The van der Waals surface area contributed by atoms with Gasteiger partial charge in [0.15, 0.2) is 0 Å². The Bertz CT molecular complexity index is 347. The summed E-state index contributed by atoms with van der Waals surface area (Å²) in [6.45, 7) is 0.669. The molecule has 3 nitrogen and oxygen atoms in total. The average molecular weight is 220 g/mol. The summed E-state index contributed by atoms with van der Waals surface area (Å²) in [4.78, 5) is 11.2. The van der Waals surface area contributed by atoms with Crippen LogP contribution >= 0.6 is 0 Å². The summed E-state index contributed by atoms with van der Waals surface area (Å²) >= 11 is 0. The highest BCUT2D eigenvalue weighted by Gasteiger charge is 2.43. The minimum atomic E-state index is -0.0790. The lowest BCUT2D eigenvalue weighted by atomic mass is 10.2. The predicted molar refractivity (Wildman–Crippen MR) is 60.2 cm³/mol. The van der Waals surface area contributed by atoms with Crippen molar-refractivity contribution in [2.45, 2.75) is 12.8 Å². The normalized spacial score (nSPS) is 22.6. The molecule has 0 aromatic heterocycles. The zero-order valence-corrected chi connectivity index (χ0v) is 9.39. The van der Waals surface area contributed by atoms with Crippen molar-refractivity contribution in [3.05, 3.63) is 30.3 Å². The molecule has 2 unspecified atom stereocenters. The van der Waals surface area contributed by atoms with E-state index in [9.17, 15) is 4.79 Å². The molecule has 1 aromatic carbocycles. The fourth-order valence-electron chi connectivity index (χ4n) is 1.85. The summed E-state index contributed by atoms with van der Waals surface area (Å²) < 4.78 is 10.3. The average Bonchev–Trinajstić information content (AvgIpc) is 3.09. The van der Waals surface area contributed by atoms with E-state index in [4.69, 9.17) is 4.74 Å². The van der Waals surface area contributed by atoms with Gasteiger partial charge >= 0.3 is 5.97 Å². The van der Waals surface area contributed by atoms with E-state index >= 15 is 0 Å². The first-order valence-electron chi connectivity index (χ1n) is 5.57. The van der Waals surface area contributed by atoms with E-state index in [-0.39, 0.29) is 11.9 Å². The third kappa shape index (κ3) is 2.75. The maximum Gasteiger partial charge on any atom is 0.308 e. The van der Waals surface area contributed by atoms with Gasteiger partial charge < -0.3 is 9.47 Å². The van der Waals surface area contributed by atoms with Crippen LogP contribution in [0.2, 0.25) is 0 Å². The number of hydrogen-bond donors (Lipinski definition) is 0. The van der Waals surface area contributed by atoms with E-state index in [0.29, 0.717) is 12.5 Å². The molecule has 2 atom stereocenters. The maximum atomic E-state index is 11.2. The van der Waals surface area contributed by atoms with Crippen molar-refractivity contribution < 1.29 is 14.3 Å². The van der Waals surface area contributed by atoms with E-state index in [2.05, 4.69) is 4.74 Å². The molecule has 16 heavy (non-hydrogen) atoms. The van der Waals surface area contributed by atoms with Gasteiger partial charge in [-0.15, -0.1) is 0 Å². The van der Waals surface area contributed by atoms with Gasteiger partial charge in [0.25, 0.3) is 0 Å². The Morgan fingerprint density at radius 2 is 2.12 bits per heavy atom. The van der Waals surface area contributed by atoms with Gasteiger partial charge in [0.05, 0.1) is 19.6 Å². The number of carbonyl (C=O) groups is 1. The number of methoxy groups -OCH3 is 1. The molecule has 2 rings (SSSR count). The van der Waals surface area contributed by atoms with Gasteiger partial charge in [-0.05, 0) is 30.9 Å². The summed E-state index contributed by atoms with van der Waals surface area (Å²) in [5.74, 6) is 1.38. The molecule has 0 saturated heterocycles. The summed E-state index contributed by atoms with van der Waals surface area (Å²) in [5.41, 5.74) is 0. The maximum absolute atomic E-state index is 11.2. The summed E-state index contributed by atoms with van der Waals surface area (Å²) in [7, 11) is 1.44. The fraction of sp³-hybridized carbons (Fsp3) is 0.462. The summed E-state index contributed by atoms with van der Waals surface area (Å²) in [5, 5.41) is 0.